The van der Waals surface area contributed by atoms with Crippen LogP contribution in [-0.2, 0) is 0 Å². The SMILES string of the molecule is CCC[C@@]1(O)CC[C@H]2[C@@H]3CC[C@H]4CC=CC[C@]4(C)[C@H]3CC[C@@]21C. The molecule has 0 aliphatic heterocycles. The Morgan fingerprint density at radius 3 is 2.57 bits per heavy atom. The van der Waals surface area contributed by atoms with E-state index in [4.69, 9.17) is 0 Å². The van der Waals surface area contributed by atoms with Gasteiger partial charge in [0.1, 0.15) is 0 Å². The Kier molecular flexibility index (Phi) is 3.76. The van der Waals surface area contributed by atoms with Crippen LogP contribution in [-0.4, -0.2) is 10.7 Å². The zero-order valence-electron chi connectivity index (χ0n) is 15.5. The standard InChI is InChI=1S/C22H36O/c1-4-12-22(23)15-11-19-17-9-8-16-7-5-6-13-20(16,2)18(17)10-14-21(19,22)3/h5-6,16-19,23H,4,7-15H2,1-3H3/t16-,17-,18+,19+,20+,21+,22-/m1/s1. The summed E-state index contributed by atoms with van der Waals surface area (Å²) in [5, 5.41) is 11.4. The maximum atomic E-state index is 11.4. The summed E-state index contributed by atoms with van der Waals surface area (Å²) in [4.78, 5) is 0. The molecule has 7 atom stereocenters. The number of allylic oxidation sites excluding steroid dienone is 2. The maximum absolute atomic E-state index is 11.4. The Balaban J connectivity index is 1.64. The predicted octanol–water partition coefficient (Wildman–Crippen LogP) is 5.73. The molecule has 4 aliphatic carbocycles. The minimum absolute atomic E-state index is 0.192. The van der Waals surface area contributed by atoms with Gasteiger partial charge in [0, 0.05) is 0 Å². The van der Waals surface area contributed by atoms with Gasteiger partial charge in [0.2, 0.25) is 0 Å². The molecule has 0 bridgehead atoms. The van der Waals surface area contributed by atoms with E-state index in [0.29, 0.717) is 5.41 Å². The van der Waals surface area contributed by atoms with Crippen molar-refractivity contribution in [1.82, 2.24) is 0 Å². The van der Waals surface area contributed by atoms with Gasteiger partial charge in [-0.2, -0.15) is 0 Å². The van der Waals surface area contributed by atoms with E-state index in [2.05, 4.69) is 32.9 Å². The molecule has 130 valence electrons. The molecular weight excluding hydrogens is 280 g/mol. The summed E-state index contributed by atoms with van der Waals surface area (Å²) in [5.41, 5.74) is 0.365. The summed E-state index contributed by atoms with van der Waals surface area (Å²) >= 11 is 0. The number of hydrogen-bond donors (Lipinski definition) is 1. The van der Waals surface area contributed by atoms with E-state index in [-0.39, 0.29) is 11.0 Å². The molecule has 3 fully saturated rings. The lowest BCUT2D eigenvalue weighted by atomic mass is 9.45. The van der Waals surface area contributed by atoms with Gasteiger partial charge in [-0.1, -0.05) is 39.3 Å². The van der Waals surface area contributed by atoms with Crippen LogP contribution in [0.2, 0.25) is 0 Å². The Labute approximate surface area is 142 Å². The molecule has 1 nitrogen and oxygen atoms in total. The quantitative estimate of drug-likeness (QED) is 0.645. The van der Waals surface area contributed by atoms with Crippen molar-refractivity contribution < 1.29 is 5.11 Å². The zero-order chi connectivity index (χ0) is 16.3. The van der Waals surface area contributed by atoms with Crippen LogP contribution in [0.15, 0.2) is 12.2 Å². The molecule has 1 heteroatoms. The van der Waals surface area contributed by atoms with Gasteiger partial charge >= 0.3 is 0 Å². The van der Waals surface area contributed by atoms with Crippen molar-refractivity contribution in [3.05, 3.63) is 12.2 Å². The fourth-order valence-electron chi connectivity index (χ4n) is 7.77. The van der Waals surface area contributed by atoms with Crippen LogP contribution < -0.4 is 0 Å². The molecule has 0 spiro atoms. The molecule has 0 heterocycles. The lowest BCUT2D eigenvalue weighted by Gasteiger charge is -2.60. The molecule has 0 radical (unpaired) electrons. The number of rotatable bonds is 2. The van der Waals surface area contributed by atoms with E-state index in [1.807, 2.05) is 0 Å². The monoisotopic (exact) mass is 316 g/mol. The first-order valence-electron chi connectivity index (χ1n) is 10.3. The van der Waals surface area contributed by atoms with E-state index < -0.39 is 0 Å². The van der Waals surface area contributed by atoms with Gasteiger partial charge in [0.25, 0.3) is 0 Å². The van der Waals surface area contributed by atoms with Gasteiger partial charge in [-0.3, -0.25) is 0 Å². The fraction of sp³-hybridized carbons (Fsp3) is 0.909. The molecule has 0 aromatic carbocycles. The average Bonchev–Trinajstić information content (AvgIpc) is 2.79. The normalized spacial score (nSPS) is 55.1. The third-order valence-corrected chi connectivity index (χ3v) is 9.20. The fourth-order valence-corrected chi connectivity index (χ4v) is 7.77. The second-order valence-electron chi connectivity index (χ2n) is 9.84. The highest BCUT2D eigenvalue weighted by atomic mass is 16.3. The summed E-state index contributed by atoms with van der Waals surface area (Å²) in [5.74, 6) is 3.50. The van der Waals surface area contributed by atoms with Gasteiger partial charge in [-0.25, -0.2) is 0 Å². The van der Waals surface area contributed by atoms with E-state index in [9.17, 15) is 5.11 Å². The lowest BCUT2D eigenvalue weighted by molar-refractivity contribution is -0.147. The van der Waals surface area contributed by atoms with Gasteiger partial charge < -0.3 is 5.11 Å². The molecule has 4 rings (SSSR count). The average molecular weight is 317 g/mol. The molecule has 0 aromatic rings. The summed E-state index contributed by atoms with van der Waals surface area (Å²) in [7, 11) is 0. The van der Waals surface area contributed by atoms with Crippen LogP contribution in [0.5, 0.6) is 0 Å². The highest BCUT2D eigenvalue weighted by Gasteiger charge is 2.63. The van der Waals surface area contributed by atoms with E-state index in [1.54, 1.807) is 0 Å². The molecule has 0 aromatic heterocycles. The van der Waals surface area contributed by atoms with Crippen molar-refractivity contribution in [2.75, 3.05) is 0 Å². The van der Waals surface area contributed by atoms with Gasteiger partial charge in [-0.05, 0) is 92.3 Å². The van der Waals surface area contributed by atoms with Gasteiger partial charge in [0.05, 0.1) is 5.60 Å². The summed E-state index contributed by atoms with van der Waals surface area (Å²) in [6.45, 7) is 7.29. The Bertz CT molecular complexity index is 496. The predicted molar refractivity (Wildman–Crippen MR) is 96.1 cm³/mol. The third-order valence-electron chi connectivity index (χ3n) is 9.20. The highest BCUT2D eigenvalue weighted by molar-refractivity contribution is 5.15. The first kappa shape index (κ1) is 16.2. The molecule has 4 aliphatic rings. The van der Waals surface area contributed by atoms with E-state index in [0.717, 1.165) is 42.9 Å². The summed E-state index contributed by atoms with van der Waals surface area (Å²) in [6, 6.07) is 0. The summed E-state index contributed by atoms with van der Waals surface area (Å²) in [6.07, 6.45) is 17.5. The van der Waals surface area contributed by atoms with Crippen LogP contribution in [0, 0.1) is 34.5 Å². The largest absolute Gasteiger partial charge is 0.389 e. The van der Waals surface area contributed by atoms with Crippen LogP contribution in [0.25, 0.3) is 0 Å². The molecule has 0 saturated heterocycles. The van der Waals surface area contributed by atoms with Crippen molar-refractivity contribution in [1.29, 1.82) is 0 Å². The smallest absolute Gasteiger partial charge is 0.0703 e. The minimum Gasteiger partial charge on any atom is -0.389 e. The highest BCUT2D eigenvalue weighted by Crippen LogP contribution is 2.68. The van der Waals surface area contributed by atoms with Crippen molar-refractivity contribution in [3.8, 4) is 0 Å². The van der Waals surface area contributed by atoms with Crippen molar-refractivity contribution >= 4 is 0 Å². The Hall–Kier alpha value is -0.300. The van der Waals surface area contributed by atoms with Crippen molar-refractivity contribution in [2.24, 2.45) is 34.5 Å². The number of fused-ring (bicyclic) bond motifs is 5. The van der Waals surface area contributed by atoms with Gasteiger partial charge in [0.15, 0.2) is 0 Å². The summed E-state index contributed by atoms with van der Waals surface area (Å²) < 4.78 is 0. The zero-order valence-corrected chi connectivity index (χ0v) is 15.5. The number of hydrogen-bond acceptors (Lipinski definition) is 1. The third kappa shape index (κ3) is 2.08. The van der Waals surface area contributed by atoms with E-state index in [1.165, 1.54) is 44.9 Å². The minimum atomic E-state index is -0.373. The number of aliphatic hydroxyl groups is 1. The van der Waals surface area contributed by atoms with Crippen molar-refractivity contribution in [3.63, 3.8) is 0 Å². The van der Waals surface area contributed by atoms with Crippen LogP contribution in [0.3, 0.4) is 0 Å². The molecule has 3 saturated carbocycles. The first-order chi connectivity index (χ1) is 10.9. The molecule has 1 N–H and O–H groups in total. The first-order valence-corrected chi connectivity index (χ1v) is 10.3. The van der Waals surface area contributed by atoms with E-state index >= 15 is 0 Å². The van der Waals surface area contributed by atoms with Crippen LogP contribution >= 0.6 is 0 Å². The lowest BCUT2D eigenvalue weighted by Crippen LogP contribution is -2.55. The van der Waals surface area contributed by atoms with Crippen molar-refractivity contribution in [2.45, 2.75) is 90.6 Å². The molecule has 0 unspecified atom stereocenters. The Morgan fingerprint density at radius 1 is 1.00 bits per heavy atom. The second-order valence-corrected chi connectivity index (χ2v) is 9.84. The van der Waals surface area contributed by atoms with Gasteiger partial charge in [-0.15, -0.1) is 0 Å². The van der Waals surface area contributed by atoms with Crippen LogP contribution in [0.1, 0.15) is 85.0 Å². The van der Waals surface area contributed by atoms with Crippen LogP contribution in [0.4, 0.5) is 0 Å². The molecule has 0 amide bonds. The molecule has 23 heavy (non-hydrogen) atoms. The maximum Gasteiger partial charge on any atom is 0.0703 e. The Morgan fingerprint density at radius 2 is 1.78 bits per heavy atom. The second kappa shape index (κ2) is 5.35. The topological polar surface area (TPSA) is 20.2 Å². The molecular formula is C22H36O.